The van der Waals surface area contributed by atoms with Gasteiger partial charge in [-0.05, 0) is 18.6 Å². The van der Waals surface area contributed by atoms with Crippen molar-refractivity contribution in [1.82, 2.24) is 15.0 Å². The normalized spacial score (nSPS) is 10.5. The quantitative estimate of drug-likeness (QED) is 0.811. The third-order valence-electron chi connectivity index (χ3n) is 2.19. The van der Waals surface area contributed by atoms with E-state index in [4.69, 9.17) is 5.73 Å². The van der Waals surface area contributed by atoms with Gasteiger partial charge in [0.05, 0.1) is 0 Å². The van der Waals surface area contributed by atoms with Crippen LogP contribution in [0.2, 0.25) is 0 Å². The van der Waals surface area contributed by atoms with Crippen LogP contribution in [0, 0.1) is 5.82 Å². The monoisotopic (exact) mass is 206 g/mol. The molecule has 5 heteroatoms. The summed E-state index contributed by atoms with van der Waals surface area (Å²) < 4.78 is 14.7. The summed E-state index contributed by atoms with van der Waals surface area (Å²) in [6.45, 7) is 1.92. The highest BCUT2D eigenvalue weighted by atomic mass is 19.1. The lowest BCUT2D eigenvalue weighted by Gasteiger charge is -2.03. The molecule has 0 bridgehead atoms. The Morgan fingerprint density at radius 2 is 2.13 bits per heavy atom. The van der Waals surface area contributed by atoms with Gasteiger partial charge in [0.2, 0.25) is 0 Å². The van der Waals surface area contributed by atoms with Gasteiger partial charge in [-0.3, -0.25) is 0 Å². The Hall–Kier alpha value is -1.91. The Labute approximate surface area is 86.5 Å². The van der Waals surface area contributed by atoms with Crippen LogP contribution in [0.3, 0.4) is 0 Å². The summed E-state index contributed by atoms with van der Waals surface area (Å²) in [4.78, 5) is 0. The maximum absolute atomic E-state index is 13.4. The van der Waals surface area contributed by atoms with E-state index in [9.17, 15) is 4.39 Å². The van der Waals surface area contributed by atoms with E-state index in [0.717, 1.165) is 0 Å². The van der Waals surface area contributed by atoms with Gasteiger partial charge in [-0.2, -0.15) is 4.68 Å². The second-order valence-electron chi connectivity index (χ2n) is 3.14. The van der Waals surface area contributed by atoms with Crippen molar-refractivity contribution in [2.45, 2.75) is 13.3 Å². The Balaban J connectivity index is 2.55. The fraction of sp³-hybridized carbons (Fsp3) is 0.200. The fourth-order valence-corrected chi connectivity index (χ4v) is 1.37. The molecule has 0 aliphatic rings. The molecule has 1 aromatic carbocycles. The van der Waals surface area contributed by atoms with Gasteiger partial charge in [0.15, 0.2) is 5.82 Å². The van der Waals surface area contributed by atoms with Crippen LogP contribution in [-0.4, -0.2) is 15.0 Å². The molecule has 2 aromatic rings. The lowest BCUT2D eigenvalue weighted by molar-refractivity contribution is 0.608. The first-order valence-electron chi connectivity index (χ1n) is 4.69. The number of nitrogens with two attached hydrogens (primary N) is 1. The number of benzene rings is 1. The Bertz CT molecular complexity index is 478. The molecule has 15 heavy (non-hydrogen) atoms. The van der Waals surface area contributed by atoms with Crippen LogP contribution < -0.4 is 5.73 Å². The van der Waals surface area contributed by atoms with E-state index < -0.39 is 0 Å². The van der Waals surface area contributed by atoms with Crippen molar-refractivity contribution in [3.8, 4) is 5.69 Å². The van der Waals surface area contributed by atoms with Crippen molar-refractivity contribution < 1.29 is 4.39 Å². The molecule has 0 unspecified atom stereocenters. The molecular weight excluding hydrogens is 195 g/mol. The van der Waals surface area contributed by atoms with Gasteiger partial charge in [-0.15, -0.1) is 5.10 Å². The number of hydrogen-bond donors (Lipinski definition) is 1. The molecule has 4 nitrogen and oxygen atoms in total. The minimum Gasteiger partial charge on any atom is -0.382 e. The summed E-state index contributed by atoms with van der Waals surface area (Å²) in [5.74, 6) is 0.0272. The van der Waals surface area contributed by atoms with Crippen LogP contribution in [0.1, 0.15) is 12.6 Å². The molecular formula is C10H11FN4. The number of nitrogens with zero attached hydrogens (tertiary/aromatic N) is 3. The van der Waals surface area contributed by atoms with Gasteiger partial charge in [-0.25, -0.2) is 4.39 Å². The highest BCUT2D eigenvalue weighted by molar-refractivity contribution is 5.44. The fourth-order valence-electron chi connectivity index (χ4n) is 1.37. The molecule has 0 fully saturated rings. The number of anilines is 1. The number of rotatable bonds is 2. The molecule has 0 aliphatic carbocycles. The average Bonchev–Trinajstić information content (AvgIpc) is 2.60. The number of para-hydroxylation sites is 1. The summed E-state index contributed by atoms with van der Waals surface area (Å²) in [5, 5.41) is 7.69. The van der Waals surface area contributed by atoms with Gasteiger partial charge in [0.25, 0.3) is 0 Å². The highest BCUT2D eigenvalue weighted by Gasteiger charge is 2.11. The van der Waals surface area contributed by atoms with Crippen molar-refractivity contribution in [3.63, 3.8) is 0 Å². The van der Waals surface area contributed by atoms with Gasteiger partial charge in [0.1, 0.15) is 17.2 Å². The minimum absolute atomic E-state index is 0.321. The zero-order chi connectivity index (χ0) is 10.8. The molecule has 0 amide bonds. The summed E-state index contributed by atoms with van der Waals surface area (Å²) in [5.41, 5.74) is 6.79. The highest BCUT2D eigenvalue weighted by Crippen LogP contribution is 2.17. The summed E-state index contributed by atoms with van der Waals surface area (Å²) in [7, 11) is 0. The van der Waals surface area contributed by atoms with Crippen LogP contribution in [0.25, 0.3) is 5.69 Å². The zero-order valence-electron chi connectivity index (χ0n) is 8.31. The number of nitrogen functional groups attached to an aromatic ring is 1. The van der Waals surface area contributed by atoms with E-state index in [1.165, 1.54) is 10.7 Å². The van der Waals surface area contributed by atoms with Gasteiger partial charge < -0.3 is 5.73 Å². The molecule has 0 aliphatic heterocycles. The number of aromatic nitrogens is 3. The van der Waals surface area contributed by atoms with Crippen LogP contribution in [0.5, 0.6) is 0 Å². The maximum Gasteiger partial charge on any atom is 0.151 e. The molecule has 2 N–H and O–H groups in total. The summed E-state index contributed by atoms with van der Waals surface area (Å²) >= 11 is 0. The smallest absolute Gasteiger partial charge is 0.151 e. The predicted octanol–water partition coefficient (Wildman–Crippen LogP) is 1.55. The lowest BCUT2D eigenvalue weighted by atomic mass is 10.3. The second-order valence-corrected chi connectivity index (χ2v) is 3.14. The predicted molar refractivity (Wildman–Crippen MR) is 55.1 cm³/mol. The molecule has 0 atom stereocenters. The second kappa shape index (κ2) is 3.68. The number of halogens is 1. The number of hydrogen-bond acceptors (Lipinski definition) is 3. The largest absolute Gasteiger partial charge is 0.382 e. The van der Waals surface area contributed by atoms with E-state index in [1.54, 1.807) is 18.2 Å². The van der Waals surface area contributed by atoms with E-state index in [1.807, 2.05) is 6.92 Å². The molecule has 1 aromatic heterocycles. The summed E-state index contributed by atoms with van der Waals surface area (Å²) in [6, 6.07) is 6.32. The number of aryl methyl sites for hydroxylation is 1. The molecule has 0 saturated carbocycles. The molecule has 1 heterocycles. The maximum atomic E-state index is 13.4. The van der Waals surface area contributed by atoms with Gasteiger partial charge in [0, 0.05) is 0 Å². The first-order valence-corrected chi connectivity index (χ1v) is 4.69. The summed E-state index contributed by atoms with van der Waals surface area (Å²) in [6.07, 6.45) is 0.681. The Morgan fingerprint density at radius 3 is 2.73 bits per heavy atom. The Morgan fingerprint density at radius 1 is 1.40 bits per heavy atom. The SMILES string of the molecule is CCc1nnn(-c2ccccc2F)c1N. The van der Waals surface area contributed by atoms with Gasteiger partial charge in [-0.1, -0.05) is 24.3 Å². The third kappa shape index (κ3) is 1.56. The lowest BCUT2D eigenvalue weighted by Crippen LogP contribution is -2.04. The topological polar surface area (TPSA) is 56.7 Å². The minimum atomic E-state index is -0.364. The Kier molecular flexibility index (Phi) is 2.37. The van der Waals surface area contributed by atoms with E-state index in [0.29, 0.717) is 23.6 Å². The zero-order valence-corrected chi connectivity index (χ0v) is 8.31. The average molecular weight is 206 g/mol. The van der Waals surface area contributed by atoms with Crippen molar-refractivity contribution >= 4 is 5.82 Å². The van der Waals surface area contributed by atoms with Crippen LogP contribution in [0.15, 0.2) is 24.3 Å². The third-order valence-corrected chi connectivity index (χ3v) is 2.19. The first-order chi connectivity index (χ1) is 7.24. The van der Waals surface area contributed by atoms with Crippen molar-refractivity contribution in [2.24, 2.45) is 0 Å². The van der Waals surface area contributed by atoms with Crippen molar-refractivity contribution in [3.05, 3.63) is 35.8 Å². The van der Waals surface area contributed by atoms with E-state index in [-0.39, 0.29) is 5.82 Å². The van der Waals surface area contributed by atoms with Crippen molar-refractivity contribution in [1.29, 1.82) is 0 Å². The molecule has 0 saturated heterocycles. The van der Waals surface area contributed by atoms with E-state index in [2.05, 4.69) is 10.3 Å². The van der Waals surface area contributed by atoms with Gasteiger partial charge >= 0.3 is 0 Å². The van der Waals surface area contributed by atoms with E-state index >= 15 is 0 Å². The molecule has 0 radical (unpaired) electrons. The van der Waals surface area contributed by atoms with Crippen molar-refractivity contribution in [2.75, 3.05) is 5.73 Å². The molecule has 78 valence electrons. The molecule has 0 spiro atoms. The first kappa shape index (κ1) is 9.64. The molecule has 2 rings (SSSR count). The standard InChI is InChI=1S/C10H11FN4/c1-2-8-10(12)15(14-13-8)9-6-4-3-5-7(9)11/h3-6H,2,12H2,1H3. The van der Waals surface area contributed by atoms with Crippen LogP contribution in [0.4, 0.5) is 10.2 Å². The van der Waals surface area contributed by atoms with Crippen LogP contribution >= 0.6 is 0 Å². The van der Waals surface area contributed by atoms with Crippen LogP contribution in [-0.2, 0) is 6.42 Å².